The summed E-state index contributed by atoms with van der Waals surface area (Å²) < 4.78 is 0. The molecule has 0 spiro atoms. The Kier molecular flexibility index (Phi) is 6.99. The van der Waals surface area contributed by atoms with Gasteiger partial charge in [0, 0.05) is 5.75 Å². The van der Waals surface area contributed by atoms with Gasteiger partial charge in [-0.1, -0.05) is 24.3 Å². The second-order valence-electron chi connectivity index (χ2n) is 3.99. The van der Waals surface area contributed by atoms with E-state index in [-0.39, 0.29) is 6.61 Å². The van der Waals surface area contributed by atoms with Crippen LogP contribution in [-0.2, 0) is 21.9 Å². The van der Waals surface area contributed by atoms with Gasteiger partial charge in [0.1, 0.15) is 6.04 Å². The number of benzene rings is 1. The molecule has 0 radical (unpaired) electrons. The third kappa shape index (κ3) is 5.76. The van der Waals surface area contributed by atoms with Crippen molar-refractivity contribution in [2.24, 2.45) is 0 Å². The fraction of sp³-hybridized carbons (Fsp3) is 0.385. The molecular formula is C13H17NO4S. The average molecular weight is 283 g/mol. The lowest BCUT2D eigenvalue weighted by molar-refractivity contribution is -0.140. The van der Waals surface area contributed by atoms with E-state index in [1.54, 1.807) is 11.8 Å². The number of amides is 1. The first-order valence-corrected chi connectivity index (χ1v) is 7.01. The molecular weight excluding hydrogens is 266 g/mol. The lowest BCUT2D eigenvalue weighted by atomic mass is 10.2. The van der Waals surface area contributed by atoms with Crippen LogP contribution in [0.1, 0.15) is 17.5 Å². The first-order valence-electron chi connectivity index (χ1n) is 5.86. The molecule has 1 atom stereocenters. The Morgan fingerprint density at radius 3 is 2.47 bits per heavy atom. The maximum atomic E-state index is 10.8. The minimum atomic E-state index is -1.01. The molecule has 5 nitrogen and oxygen atoms in total. The molecule has 3 N–H and O–H groups in total. The van der Waals surface area contributed by atoms with Gasteiger partial charge in [-0.25, -0.2) is 4.79 Å². The van der Waals surface area contributed by atoms with Crippen LogP contribution in [0, 0.1) is 0 Å². The van der Waals surface area contributed by atoms with E-state index in [0.717, 1.165) is 16.9 Å². The number of carbonyl (C=O) groups excluding carboxylic acids is 1. The van der Waals surface area contributed by atoms with Crippen LogP contribution in [0.2, 0.25) is 0 Å². The molecule has 6 heteroatoms. The van der Waals surface area contributed by atoms with Crippen molar-refractivity contribution in [2.45, 2.75) is 24.8 Å². The van der Waals surface area contributed by atoms with Gasteiger partial charge >= 0.3 is 5.97 Å². The van der Waals surface area contributed by atoms with E-state index in [1.807, 2.05) is 24.3 Å². The molecule has 0 aliphatic heterocycles. The Morgan fingerprint density at radius 1 is 1.32 bits per heavy atom. The zero-order chi connectivity index (χ0) is 14.1. The fourth-order valence-electron chi connectivity index (χ4n) is 1.49. The van der Waals surface area contributed by atoms with Crippen LogP contribution in [0.4, 0.5) is 0 Å². The molecule has 104 valence electrons. The van der Waals surface area contributed by atoms with Crippen molar-refractivity contribution in [3.63, 3.8) is 0 Å². The number of aliphatic carboxylic acids is 1. The smallest absolute Gasteiger partial charge is 0.326 e. The van der Waals surface area contributed by atoms with Crippen LogP contribution < -0.4 is 5.32 Å². The monoisotopic (exact) mass is 283 g/mol. The number of hydrogen-bond acceptors (Lipinski definition) is 4. The molecule has 0 saturated heterocycles. The largest absolute Gasteiger partial charge is 0.480 e. The van der Waals surface area contributed by atoms with Crippen molar-refractivity contribution in [2.75, 3.05) is 5.75 Å². The maximum absolute atomic E-state index is 10.8. The number of carboxylic acids is 1. The fourth-order valence-corrected chi connectivity index (χ4v) is 2.47. The zero-order valence-electron chi connectivity index (χ0n) is 10.4. The van der Waals surface area contributed by atoms with Crippen molar-refractivity contribution in [3.05, 3.63) is 35.4 Å². The predicted octanol–water partition coefficient (Wildman–Crippen LogP) is 1.00. The number of aliphatic hydroxyl groups excluding tert-OH is 1. The SMILES string of the molecule is O=CNC(CCSCc1ccc(CO)cc1)C(=O)O. The molecule has 19 heavy (non-hydrogen) atoms. The van der Waals surface area contributed by atoms with Gasteiger partial charge in [-0.05, 0) is 23.3 Å². The van der Waals surface area contributed by atoms with Gasteiger partial charge in [-0.15, -0.1) is 0 Å². The molecule has 1 aromatic carbocycles. The summed E-state index contributed by atoms with van der Waals surface area (Å²) in [6, 6.07) is 6.79. The molecule has 0 fully saturated rings. The van der Waals surface area contributed by atoms with Gasteiger partial charge in [0.05, 0.1) is 6.61 Å². The van der Waals surface area contributed by atoms with Gasteiger partial charge < -0.3 is 15.5 Å². The molecule has 1 aromatic rings. The lowest BCUT2D eigenvalue weighted by Crippen LogP contribution is -2.36. The molecule has 1 rings (SSSR count). The van der Waals surface area contributed by atoms with Crippen LogP contribution >= 0.6 is 11.8 Å². The van der Waals surface area contributed by atoms with Crippen molar-refractivity contribution in [3.8, 4) is 0 Å². The number of thioether (sulfide) groups is 1. The number of carboxylic acid groups (broad SMARTS) is 1. The van der Waals surface area contributed by atoms with Gasteiger partial charge in [-0.3, -0.25) is 4.79 Å². The quantitative estimate of drug-likeness (QED) is 0.465. The molecule has 1 amide bonds. The van der Waals surface area contributed by atoms with E-state index < -0.39 is 12.0 Å². The Hall–Kier alpha value is -1.53. The van der Waals surface area contributed by atoms with Gasteiger partial charge in [0.15, 0.2) is 0 Å². The van der Waals surface area contributed by atoms with Crippen molar-refractivity contribution >= 4 is 24.1 Å². The summed E-state index contributed by atoms with van der Waals surface area (Å²) in [5, 5.41) is 20.0. The summed E-state index contributed by atoms with van der Waals surface area (Å²) in [6.45, 7) is 0.0328. The number of rotatable bonds is 9. The van der Waals surface area contributed by atoms with Crippen LogP contribution in [0.25, 0.3) is 0 Å². The minimum absolute atomic E-state index is 0.0328. The highest BCUT2D eigenvalue weighted by molar-refractivity contribution is 7.98. The lowest BCUT2D eigenvalue weighted by Gasteiger charge is -2.10. The van der Waals surface area contributed by atoms with Crippen LogP contribution in [0.3, 0.4) is 0 Å². The van der Waals surface area contributed by atoms with E-state index >= 15 is 0 Å². The summed E-state index contributed by atoms with van der Waals surface area (Å²) >= 11 is 1.61. The van der Waals surface area contributed by atoms with Crippen molar-refractivity contribution in [1.82, 2.24) is 5.32 Å². The second kappa shape index (κ2) is 8.55. The first kappa shape index (κ1) is 15.5. The Bertz CT molecular complexity index is 408. The van der Waals surface area contributed by atoms with Gasteiger partial charge in [0.25, 0.3) is 0 Å². The molecule has 0 aliphatic carbocycles. The topological polar surface area (TPSA) is 86.6 Å². The molecule has 0 aliphatic rings. The Labute approximate surface area is 116 Å². The third-order valence-electron chi connectivity index (χ3n) is 2.59. The van der Waals surface area contributed by atoms with E-state index in [1.165, 1.54) is 0 Å². The highest BCUT2D eigenvalue weighted by atomic mass is 32.2. The summed E-state index contributed by atoms with van der Waals surface area (Å²) in [5.41, 5.74) is 1.99. The van der Waals surface area contributed by atoms with Gasteiger partial charge in [0.2, 0.25) is 6.41 Å². The highest BCUT2D eigenvalue weighted by Crippen LogP contribution is 2.14. The summed E-state index contributed by atoms with van der Waals surface area (Å²) in [6.07, 6.45) is 0.810. The third-order valence-corrected chi connectivity index (χ3v) is 3.65. The van der Waals surface area contributed by atoms with Crippen LogP contribution in [0.15, 0.2) is 24.3 Å². The normalized spacial score (nSPS) is 11.8. The minimum Gasteiger partial charge on any atom is -0.480 e. The van der Waals surface area contributed by atoms with E-state index in [4.69, 9.17) is 10.2 Å². The first-order chi connectivity index (χ1) is 9.17. The number of nitrogens with one attached hydrogen (secondary N) is 1. The van der Waals surface area contributed by atoms with Crippen molar-refractivity contribution in [1.29, 1.82) is 0 Å². The van der Waals surface area contributed by atoms with Crippen molar-refractivity contribution < 1.29 is 19.8 Å². The summed E-state index contributed by atoms with van der Waals surface area (Å²) in [7, 11) is 0. The number of carbonyl (C=O) groups is 2. The van der Waals surface area contributed by atoms with E-state index in [2.05, 4.69) is 5.32 Å². The molecule has 1 unspecified atom stereocenters. The summed E-state index contributed by atoms with van der Waals surface area (Å²) in [4.78, 5) is 21.0. The van der Waals surface area contributed by atoms with E-state index in [9.17, 15) is 9.59 Å². The molecule has 0 bridgehead atoms. The van der Waals surface area contributed by atoms with E-state index in [0.29, 0.717) is 18.6 Å². The Morgan fingerprint density at radius 2 is 1.95 bits per heavy atom. The van der Waals surface area contributed by atoms with Crippen LogP contribution in [0.5, 0.6) is 0 Å². The van der Waals surface area contributed by atoms with Crippen LogP contribution in [-0.4, -0.2) is 34.4 Å². The summed E-state index contributed by atoms with van der Waals surface area (Å²) in [5.74, 6) is 0.415. The predicted molar refractivity (Wildman–Crippen MR) is 73.8 cm³/mol. The second-order valence-corrected chi connectivity index (χ2v) is 5.10. The Balaban J connectivity index is 2.29. The maximum Gasteiger partial charge on any atom is 0.326 e. The zero-order valence-corrected chi connectivity index (χ0v) is 11.2. The molecule has 0 saturated carbocycles. The number of aliphatic hydroxyl groups is 1. The molecule has 0 heterocycles. The number of hydrogen-bond donors (Lipinski definition) is 3. The standard InChI is InChI=1S/C13H17NO4S/c15-7-10-1-3-11(4-2-10)8-19-6-5-12(13(17)18)14-9-16/h1-4,9,12,15H,5-8H2,(H,14,16)(H,17,18). The van der Waals surface area contributed by atoms with Gasteiger partial charge in [-0.2, -0.15) is 11.8 Å². The molecule has 0 aromatic heterocycles. The average Bonchev–Trinajstić information content (AvgIpc) is 2.42. The highest BCUT2D eigenvalue weighted by Gasteiger charge is 2.15.